The third-order valence-electron chi connectivity index (χ3n) is 5.42. The summed E-state index contributed by atoms with van der Waals surface area (Å²) in [7, 11) is 0. The number of hydrogen-bond acceptors (Lipinski definition) is 3. The van der Waals surface area contributed by atoms with Crippen molar-refractivity contribution in [2.45, 2.75) is 38.6 Å². The van der Waals surface area contributed by atoms with Crippen LogP contribution < -0.4 is 5.32 Å². The predicted molar refractivity (Wildman–Crippen MR) is 86.8 cm³/mol. The minimum absolute atomic E-state index is 0.169. The summed E-state index contributed by atoms with van der Waals surface area (Å²) in [6, 6.07) is 3.90. The molecule has 2 aliphatic carbocycles. The van der Waals surface area contributed by atoms with Crippen LogP contribution in [0.25, 0.3) is 5.82 Å². The lowest BCUT2D eigenvalue weighted by Crippen LogP contribution is -2.27. The third kappa shape index (κ3) is 3.00. The van der Waals surface area contributed by atoms with Crippen molar-refractivity contribution >= 4 is 5.91 Å². The maximum Gasteiger partial charge on any atom is 0.220 e. The van der Waals surface area contributed by atoms with Gasteiger partial charge in [-0.05, 0) is 43.1 Å². The number of aromatic nitrogens is 3. The fourth-order valence-corrected chi connectivity index (χ4v) is 4.32. The van der Waals surface area contributed by atoms with Crippen LogP contribution in [0.5, 0.6) is 0 Å². The predicted octanol–water partition coefficient (Wildman–Crippen LogP) is 2.71. The largest absolute Gasteiger partial charge is 0.352 e. The van der Waals surface area contributed by atoms with Crippen molar-refractivity contribution in [2.75, 3.05) is 0 Å². The zero-order chi connectivity index (χ0) is 15.6. The zero-order valence-electron chi connectivity index (χ0n) is 13.2. The highest BCUT2D eigenvalue weighted by atomic mass is 16.1. The number of carbonyl (C=O) groups is 1. The summed E-state index contributed by atoms with van der Waals surface area (Å²) in [4.78, 5) is 20.8. The van der Waals surface area contributed by atoms with Crippen LogP contribution in [-0.2, 0) is 11.3 Å². The Bertz CT molecular complexity index is 682. The molecule has 2 aliphatic rings. The van der Waals surface area contributed by atoms with Gasteiger partial charge < -0.3 is 5.32 Å². The van der Waals surface area contributed by atoms with Crippen LogP contribution in [0.2, 0.25) is 0 Å². The molecule has 2 aromatic heterocycles. The van der Waals surface area contributed by atoms with E-state index in [0.717, 1.165) is 23.2 Å². The molecule has 2 fully saturated rings. The highest BCUT2D eigenvalue weighted by Crippen LogP contribution is 2.49. The molecule has 120 valence electrons. The molecular weight excluding hydrogens is 288 g/mol. The van der Waals surface area contributed by atoms with Crippen LogP contribution in [0.3, 0.4) is 0 Å². The topological polar surface area (TPSA) is 59.8 Å². The highest BCUT2D eigenvalue weighted by Gasteiger charge is 2.39. The SMILES string of the molecule is O=C(C[C@@H]1C[C@H]2CC[C@H]1C2)NCc1cccnc1-n1ccnc1. The molecule has 2 heterocycles. The molecule has 2 bridgehead atoms. The van der Waals surface area contributed by atoms with E-state index in [0.29, 0.717) is 18.9 Å². The lowest BCUT2D eigenvalue weighted by atomic mass is 9.86. The highest BCUT2D eigenvalue weighted by molar-refractivity contribution is 5.76. The van der Waals surface area contributed by atoms with E-state index in [-0.39, 0.29) is 5.91 Å². The number of rotatable bonds is 5. The summed E-state index contributed by atoms with van der Waals surface area (Å²) in [6.45, 7) is 0.515. The Morgan fingerprint density at radius 3 is 3.00 bits per heavy atom. The minimum Gasteiger partial charge on any atom is -0.352 e. The van der Waals surface area contributed by atoms with E-state index >= 15 is 0 Å². The van der Waals surface area contributed by atoms with Gasteiger partial charge in [0.15, 0.2) is 0 Å². The molecule has 1 amide bonds. The molecule has 0 saturated heterocycles. The number of fused-ring (bicyclic) bond motifs is 2. The molecule has 3 atom stereocenters. The van der Waals surface area contributed by atoms with Crippen molar-refractivity contribution < 1.29 is 4.79 Å². The maximum absolute atomic E-state index is 12.3. The number of nitrogens with one attached hydrogen (secondary N) is 1. The van der Waals surface area contributed by atoms with Crippen molar-refractivity contribution in [3.05, 3.63) is 42.6 Å². The summed E-state index contributed by atoms with van der Waals surface area (Å²) >= 11 is 0. The smallest absolute Gasteiger partial charge is 0.220 e. The van der Waals surface area contributed by atoms with Crippen LogP contribution in [0.1, 0.15) is 37.7 Å². The van der Waals surface area contributed by atoms with Crippen molar-refractivity contribution in [3.63, 3.8) is 0 Å². The molecule has 2 saturated carbocycles. The van der Waals surface area contributed by atoms with Crippen molar-refractivity contribution in [1.82, 2.24) is 19.9 Å². The van der Waals surface area contributed by atoms with Crippen LogP contribution in [0.4, 0.5) is 0 Å². The Balaban J connectivity index is 1.37. The van der Waals surface area contributed by atoms with E-state index in [2.05, 4.69) is 15.3 Å². The summed E-state index contributed by atoms with van der Waals surface area (Å²) in [6.07, 6.45) is 13.1. The van der Waals surface area contributed by atoms with Gasteiger partial charge in [0.1, 0.15) is 12.1 Å². The van der Waals surface area contributed by atoms with E-state index in [1.807, 2.05) is 22.9 Å². The molecule has 23 heavy (non-hydrogen) atoms. The van der Waals surface area contributed by atoms with Gasteiger partial charge in [-0.15, -0.1) is 0 Å². The Morgan fingerprint density at radius 2 is 2.26 bits per heavy atom. The monoisotopic (exact) mass is 310 g/mol. The van der Waals surface area contributed by atoms with Crippen LogP contribution in [-0.4, -0.2) is 20.4 Å². The lowest BCUT2D eigenvalue weighted by Gasteiger charge is -2.21. The number of carbonyl (C=O) groups excluding carboxylic acids is 1. The van der Waals surface area contributed by atoms with Crippen molar-refractivity contribution in [1.29, 1.82) is 0 Å². The van der Waals surface area contributed by atoms with Gasteiger partial charge in [0, 0.05) is 37.1 Å². The molecule has 5 nitrogen and oxygen atoms in total. The normalized spacial score (nSPS) is 25.7. The quantitative estimate of drug-likeness (QED) is 0.923. The van der Waals surface area contributed by atoms with Crippen molar-refractivity contribution in [2.24, 2.45) is 17.8 Å². The second-order valence-electron chi connectivity index (χ2n) is 6.87. The Labute approximate surface area is 136 Å². The number of hydrogen-bond donors (Lipinski definition) is 1. The molecular formula is C18H22N4O. The first kappa shape index (κ1) is 14.4. The standard InChI is InChI=1S/C18H22N4O/c23-17(10-16-9-13-3-4-14(16)8-13)21-11-15-2-1-5-20-18(15)22-7-6-19-12-22/h1-2,5-7,12-14,16H,3-4,8-11H2,(H,21,23)/t13-,14-,16-/m0/s1. The van der Waals surface area contributed by atoms with Gasteiger partial charge in [-0.2, -0.15) is 0 Å². The van der Waals surface area contributed by atoms with Gasteiger partial charge in [0.05, 0.1) is 0 Å². The number of pyridine rings is 1. The number of imidazole rings is 1. The Hall–Kier alpha value is -2.17. The van der Waals surface area contributed by atoms with Gasteiger partial charge >= 0.3 is 0 Å². The van der Waals surface area contributed by atoms with Gasteiger partial charge in [-0.3, -0.25) is 9.36 Å². The van der Waals surface area contributed by atoms with Crippen LogP contribution in [0, 0.1) is 17.8 Å². The second kappa shape index (κ2) is 6.14. The number of nitrogens with zero attached hydrogens (tertiary/aromatic N) is 3. The first-order chi connectivity index (χ1) is 11.3. The molecule has 1 N–H and O–H groups in total. The zero-order valence-corrected chi connectivity index (χ0v) is 13.2. The summed E-state index contributed by atoms with van der Waals surface area (Å²) in [5.41, 5.74) is 1.01. The van der Waals surface area contributed by atoms with Crippen molar-refractivity contribution in [3.8, 4) is 5.82 Å². The lowest BCUT2D eigenvalue weighted by molar-refractivity contribution is -0.122. The Kier molecular flexibility index (Phi) is 3.85. The van der Waals surface area contributed by atoms with Gasteiger partial charge in [-0.25, -0.2) is 9.97 Å². The Morgan fingerprint density at radius 1 is 1.30 bits per heavy atom. The molecule has 0 unspecified atom stereocenters. The first-order valence-electron chi connectivity index (χ1n) is 8.48. The first-order valence-corrected chi connectivity index (χ1v) is 8.48. The molecule has 5 heteroatoms. The molecule has 0 aromatic carbocycles. The molecule has 0 spiro atoms. The van der Waals surface area contributed by atoms with Crippen LogP contribution >= 0.6 is 0 Å². The fourth-order valence-electron chi connectivity index (χ4n) is 4.32. The third-order valence-corrected chi connectivity index (χ3v) is 5.42. The van der Waals surface area contributed by atoms with E-state index in [1.54, 1.807) is 18.7 Å². The second-order valence-corrected chi connectivity index (χ2v) is 6.87. The molecule has 4 rings (SSSR count). The van der Waals surface area contributed by atoms with E-state index in [9.17, 15) is 4.79 Å². The molecule has 0 aliphatic heterocycles. The summed E-state index contributed by atoms with van der Waals surface area (Å²) in [5, 5.41) is 3.07. The summed E-state index contributed by atoms with van der Waals surface area (Å²) in [5.74, 6) is 3.29. The average molecular weight is 310 g/mol. The molecule has 2 aromatic rings. The van der Waals surface area contributed by atoms with Crippen LogP contribution in [0.15, 0.2) is 37.1 Å². The van der Waals surface area contributed by atoms with E-state index in [4.69, 9.17) is 0 Å². The van der Waals surface area contributed by atoms with E-state index in [1.165, 1.54) is 25.7 Å². The van der Waals surface area contributed by atoms with Gasteiger partial charge in [-0.1, -0.05) is 12.5 Å². The van der Waals surface area contributed by atoms with Gasteiger partial charge in [0.2, 0.25) is 5.91 Å². The molecule has 0 radical (unpaired) electrons. The minimum atomic E-state index is 0.169. The van der Waals surface area contributed by atoms with Gasteiger partial charge in [0.25, 0.3) is 0 Å². The summed E-state index contributed by atoms with van der Waals surface area (Å²) < 4.78 is 1.87. The number of amides is 1. The fraction of sp³-hybridized carbons (Fsp3) is 0.500. The van der Waals surface area contributed by atoms with E-state index < -0.39 is 0 Å². The maximum atomic E-state index is 12.3. The average Bonchev–Trinajstić information content (AvgIpc) is 3.31.